The molecule has 126 valence electrons. The van der Waals surface area contributed by atoms with E-state index >= 15 is 0 Å². The third-order valence-electron chi connectivity index (χ3n) is 4.43. The first-order valence-electron chi connectivity index (χ1n) is 7.94. The molecule has 2 aromatic rings. The highest BCUT2D eigenvalue weighted by Gasteiger charge is 2.27. The third-order valence-corrected chi connectivity index (χ3v) is 5.01. The normalized spacial score (nSPS) is 15.0. The Morgan fingerprint density at radius 3 is 2.71 bits per heavy atom. The van der Waals surface area contributed by atoms with Crippen molar-refractivity contribution in [2.75, 3.05) is 13.1 Å². The number of amides is 1. The van der Waals surface area contributed by atoms with Crippen LogP contribution in [0, 0.1) is 5.92 Å². The Bertz CT molecular complexity index is 734. The maximum Gasteiger partial charge on any atom is 0.227 e. The van der Waals surface area contributed by atoms with Crippen LogP contribution in [0.15, 0.2) is 36.5 Å². The summed E-state index contributed by atoms with van der Waals surface area (Å²) < 4.78 is 0. The number of hydrogen-bond acceptors (Lipinski definition) is 3. The van der Waals surface area contributed by atoms with E-state index < -0.39 is 0 Å². The summed E-state index contributed by atoms with van der Waals surface area (Å²) in [5.41, 5.74) is 9.05. The fourth-order valence-corrected chi connectivity index (χ4v) is 3.47. The maximum atomic E-state index is 12.9. The SMILES string of the molecule is NCC(Cc1ccc(Cl)cc1)C(=O)N1CCc2c(ccnc2Cl)C1. The number of carbonyl (C=O) groups is 1. The molecule has 3 rings (SSSR count). The lowest BCUT2D eigenvalue weighted by atomic mass is 9.95. The smallest absolute Gasteiger partial charge is 0.227 e. The second-order valence-corrected chi connectivity index (χ2v) is 6.81. The van der Waals surface area contributed by atoms with Gasteiger partial charge in [0.05, 0.1) is 5.92 Å². The summed E-state index contributed by atoms with van der Waals surface area (Å²) in [5.74, 6) is -0.143. The fourth-order valence-electron chi connectivity index (χ4n) is 3.07. The molecule has 1 aliphatic rings. The van der Waals surface area contributed by atoms with E-state index in [1.165, 1.54) is 0 Å². The molecule has 2 heterocycles. The third kappa shape index (κ3) is 3.72. The Kier molecular flexibility index (Phi) is 5.39. The summed E-state index contributed by atoms with van der Waals surface area (Å²) in [7, 11) is 0. The van der Waals surface area contributed by atoms with Gasteiger partial charge < -0.3 is 10.6 Å². The van der Waals surface area contributed by atoms with E-state index in [4.69, 9.17) is 28.9 Å². The number of rotatable bonds is 4. The van der Waals surface area contributed by atoms with Gasteiger partial charge in [-0.05, 0) is 47.7 Å². The van der Waals surface area contributed by atoms with E-state index in [0.717, 1.165) is 23.1 Å². The predicted molar refractivity (Wildman–Crippen MR) is 96.1 cm³/mol. The minimum Gasteiger partial charge on any atom is -0.338 e. The first-order valence-corrected chi connectivity index (χ1v) is 8.69. The van der Waals surface area contributed by atoms with Crippen molar-refractivity contribution >= 4 is 29.1 Å². The predicted octanol–water partition coefficient (Wildman–Crippen LogP) is 3.09. The van der Waals surface area contributed by atoms with Crippen LogP contribution in [0.4, 0.5) is 0 Å². The van der Waals surface area contributed by atoms with Crippen molar-refractivity contribution in [3.05, 3.63) is 63.4 Å². The van der Waals surface area contributed by atoms with Crippen LogP contribution in [0.5, 0.6) is 0 Å². The summed E-state index contributed by atoms with van der Waals surface area (Å²) in [4.78, 5) is 18.8. The monoisotopic (exact) mass is 363 g/mol. The van der Waals surface area contributed by atoms with E-state index in [2.05, 4.69) is 4.98 Å². The molecule has 24 heavy (non-hydrogen) atoms. The van der Waals surface area contributed by atoms with Gasteiger partial charge in [-0.15, -0.1) is 0 Å². The lowest BCUT2D eigenvalue weighted by molar-refractivity contribution is -0.136. The molecule has 0 radical (unpaired) electrons. The number of pyridine rings is 1. The molecule has 1 atom stereocenters. The Hall–Kier alpha value is -1.62. The average molecular weight is 364 g/mol. The van der Waals surface area contributed by atoms with Crippen molar-refractivity contribution in [2.24, 2.45) is 11.7 Å². The molecule has 1 aromatic carbocycles. The summed E-state index contributed by atoms with van der Waals surface area (Å²) >= 11 is 12.0. The van der Waals surface area contributed by atoms with Gasteiger partial charge in [-0.1, -0.05) is 35.3 Å². The molecule has 0 spiro atoms. The van der Waals surface area contributed by atoms with Gasteiger partial charge in [-0.2, -0.15) is 0 Å². The minimum atomic E-state index is -0.231. The van der Waals surface area contributed by atoms with Crippen LogP contribution in [0.25, 0.3) is 0 Å². The number of carbonyl (C=O) groups excluding carboxylic acids is 1. The molecule has 2 N–H and O–H groups in total. The molecule has 0 saturated carbocycles. The molecule has 1 amide bonds. The number of benzene rings is 1. The Labute approximate surface area is 151 Å². The highest BCUT2D eigenvalue weighted by Crippen LogP contribution is 2.25. The Morgan fingerprint density at radius 2 is 2.00 bits per heavy atom. The van der Waals surface area contributed by atoms with Crippen LogP contribution in [0.1, 0.15) is 16.7 Å². The molecule has 0 bridgehead atoms. The Morgan fingerprint density at radius 1 is 1.25 bits per heavy atom. The van der Waals surface area contributed by atoms with Gasteiger partial charge in [0.1, 0.15) is 5.15 Å². The van der Waals surface area contributed by atoms with Gasteiger partial charge >= 0.3 is 0 Å². The van der Waals surface area contributed by atoms with Crippen molar-refractivity contribution in [3.8, 4) is 0 Å². The summed E-state index contributed by atoms with van der Waals surface area (Å²) in [5, 5.41) is 1.23. The molecular weight excluding hydrogens is 345 g/mol. The lowest BCUT2D eigenvalue weighted by Crippen LogP contribution is -2.42. The minimum absolute atomic E-state index is 0.0889. The molecule has 0 saturated heterocycles. The maximum absolute atomic E-state index is 12.9. The van der Waals surface area contributed by atoms with Crippen LogP contribution in [-0.4, -0.2) is 28.9 Å². The first kappa shape index (κ1) is 17.2. The van der Waals surface area contributed by atoms with E-state index in [9.17, 15) is 4.79 Å². The van der Waals surface area contributed by atoms with E-state index in [0.29, 0.717) is 36.2 Å². The van der Waals surface area contributed by atoms with Crippen LogP contribution in [0.2, 0.25) is 10.2 Å². The average Bonchev–Trinajstić information content (AvgIpc) is 2.60. The molecule has 1 aliphatic heterocycles. The van der Waals surface area contributed by atoms with Gasteiger partial charge in [-0.3, -0.25) is 4.79 Å². The number of halogens is 2. The standard InChI is InChI=1S/C18H19Cl2N3O/c19-15-3-1-12(2-4-15)9-14(10-21)18(24)23-8-6-16-13(11-23)5-7-22-17(16)20/h1-5,7,14H,6,8-11,21H2. The molecule has 4 nitrogen and oxygen atoms in total. The zero-order valence-electron chi connectivity index (χ0n) is 13.2. The summed E-state index contributed by atoms with van der Waals surface area (Å²) in [6.07, 6.45) is 3.03. The van der Waals surface area contributed by atoms with Crippen LogP contribution >= 0.6 is 23.2 Å². The highest BCUT2D eigenvalue weighted by atomic mass is 35.5. The molecule has 0 aliphatic carbocycles. The second kappa shape index (κ2) is 7.51. The molecule has 1 unspecified atom stereocenters. The van der Waals surface area contributed by atoms with E-state index in [-0.39, 0.29) is 11.8 Å². The first-order chi connectivity index (χ1) is 11.6. The quantitative estimate of drug-likeness (QED) is 0.849. The van der Waals surface area contributed by atoms with Crippen molar-refractivity contribution in [2.45, 2.75) is 19.4 Å². The largest absolute Gasteiger partial charge is 0.338 e. The van der Waals surface area contributed by atoms with Gasteiger partial charge in [0.15, 0.2) is 0 Å². The topological polar surface area (TPSA) is 59.2 Å². The second-order valence-electron chi connectivity index (χ2n) is 6.01. The lowest BCUT2D eigenvalue weighted by Gasteiger charge is -2.31. The number of fused-ring (bicyclic) bond motifs is 1. The van der Waals surface area contributed by atoms with Gasteiger partial charge in [-0.25, -0.2) is 4.98 Å². The summed E-state index contributed by atoms with van der Waals surface area (Å²) in [6.45, 7) is 1.53. The van der Waals surface area contributed by atoms with Crippen LogP contribution < -0.4 is 5.73 Å². The fraction of sp³-hybridized carbons (Fsp3) is 0.333. The molecule has 1 aromatic heterocycles. The van der Waals surface area contributed by atoms with Crippen molar-refractivity contribution in [3.63, 3.8) is 0 Å². The van der Waals surface area contributed by atoms with Crippen molar-refractivity contribution < 1.29 is 4.79 Å². The van der Waals surface area contributed by atoms with Gasteiger partial charge in [0, 0.05) is 30.9 Å². The van der Waals surface area contributed by atoms with Crippen molar-refractivity contribution in [1.82, 2.24) is 9.88 Å². The molecule has 0 fully saturated rings. The number of hydrogen-bond donors (Lipinski definition) is 1. The highest BCUT2D eigenvalue weighted by molar-refractivity contribution is 6.30. The number of nitrogens with two attached hydrogens (primary N) is 1. The Balaban J connectivity index is 1.71. The number of aromatic nitrogens is 1. The zero-order chi connectivity index (χ0) is 17.1. The molecular formula is C18H19Cl2N3O. The van der Waals surface area contributed by atoms with Gasteiger partial charge in [0.25, 0.3) is 0 Å². The zero-order valence-corrected chi connectivity index (χ0v) is 14.7. The van der Waals surface area contributed by atoms with E-state index in [1.54, 1.807) is 6.20 Å². The summed E-state index contributed by atoms with van der Waals surface area (Å²) in [6, 6.07) is 9.48. The van der Waals surface area contributed by atoms with E-state index in [1.807, 2.05) is 35.2 Å². The number of nitrogens with zero attached hydrogens (tertiary/aromatic N) is 2. The van der Waals surface area contributed by atoms with Gasteiger partial charge in [0.2, 0.25) is 5.91 Å². The molecule has 6 heteroatoms. The van der Waals surface area contributed by atoms with Crippen LogP contribution in [0.3, 0.4) is 0 Å². The van der Waals surface area contributed by atoms with Crippen LogP contribution in [-0.2, 0) is 24.2 Å². The van der Waals surface area contributed by atoms with Crippen molar-refractivity contribution in [1.29, 1.82) is 0 Å².